The molecule has 1 amide bonds. The van der Waals surface area contributed by atoms with Crippen LogP contribution in [0.2, 0.25) is 0 Å². The third-order valence-electron chi connectivity index (χ3n) is 2.77. The second-order valence-corrected chi connectivity index (χ2v) is 4.24. The summed E-state index contributed by atoms with van der Waals surface area (Å²) in [5, 5.41) is 11.1. The van der Waals surface area contributed by atoms with Gasteiger partial charge in [-0.15, -0.1) is 0 Å². The first-order valence-electron chi connectivity index (χ1n) is 6.33. The molecule has 1 aromatic carbocycles. The van der Waals surface area contributed by atoms with Crippen molar-refractivity contribution in [2.45, 2.75) is 38.8 Å². The van der Waals surface area contributed by atoms with Crippen molar-refractivity contribution < 1.29 is 14.6 Å². The summed E-state index contributed by atoms with van der Waals surface area (Å²) >= 11 is 0. The van der Waals surface area contributed by atoms with Gasteiger partial charge in [-0.05, 0) is 24.8 Å². The molecule has 4 heteroatoms. The van der Waals surface area contributed by atoms with Gasteiger partial charge in [0, 0.05) is 12.6 Å². The van der Waals surface area contributed by atoms with Crippen molar-refractivity contribution in [3.05, 3.63) is 35.9 Å². The third kappa shape index (κ3) is 6.25. The van der Waals surface area contributed by atoms with Gasteiger partial charge in [0.2, 0.25) is 0 Å². The van der Waals surface area contributed by atoms with Crippen LogP contribution in [0.5, 0.6) is 0 Å². The minimum atomic E-state index is -0.952. The summed E-state index contributed by atoms with van der Waals surface area (Å²) in [5.41, 5.74) is 1.16. The third-order valence-corrected chi connectivity index (χ3v) is 2.77. The van der Waals surface area contributed by atoms with Gasteiger partial charge in [-0.25, -0.2) is 4.79 Å². The Balaban J connectivity index is 2.09. The van der Waals surface area contributed by atoms with E-state index in [1.54, 1.807) is 0 Å². The fourth-order valence-electron chi connectivity index (χ4n) is 1.75. The Morgan fingerprint density at radius 2 is 2.11 bits per heavy atom. The number of hydrogen-bond donors (Lipinski definition) is 2. The van der Waals surface area contributed by atoms with E-state index in [0.717, 1.165) is 24.8 Å². The molecule has 1 atom stereocenters. The number of benzene rings is 1. The molecule has 2 N–H and O–H groups in total. The Labute approximate surface area is 108 Å². The van der Waals surface area contributed by atoms with Crippen LogP contribution in [0.1, 0.15) is 31.7 Å². The van der Waals surface area contributed by atoms with Crippen LogP contribution in [0.25, 0.3) is 0 Å². The predicted molar refractivity (Wildman–Crippen MR) is 70.6 cm³/mol. The van der Waals surface area contributed by atoms with Gasteiger partial charge in [0.15, 0.2) is 0 Å². The molecule has 0 saturated carbocycles. The second-order valence-electron chi connectivity index (χ2n) is 4.24. The molecule has 0 spiro atoms. The highest BCUT2D eigenvalue weighted by Crippen LogP contribution is 2.04. The molecular weight excluding hydrogens is 230 g/mol. The predicted octanol–water partition coefficient (Wildman–Crippen LogP) is 3.03. The maximum Gasteiger partial charge on any atom is 0.404 e. The highest BCUT2D eigenvalue weighted by molar-refractivity contribution is 5.64. The lowest BCUT2D eigenvalue weighted by molar-refractivity contribution is 0.114. The SMILES string of the molecule is CCC(CCCOCc1ccccc1)NC(=O)O. The van der Waals surface area contributed by atoms with Crippen molar-refractivity contribution >= 4 is 6.09 Å². The highest BCUT2D eigenvalue weighted by atomic mass is 16.5. The molecule has 100 valence electrons. The summed E-state index contributed by atoms with van der Waals surface area (Å²) in [7, 11) is 0. The zero-order chi connectivity index (χ0) is 13.2. The van der Waals surface area contributed by atoms with Crippen LogP contribution >= 0.6 is 0 Å². The van der Waals surface area contributed by atoms with E-state index in [9.17, 15) is 4.79 Å². The van der Waals surface area contributed by atoms with Crippen LogP contribution in [0.15, 0.2) is 30.3 Å². The largest absolute Gasteiger partial charge is 0.465 e. The van der Waals surface area contributed by atoms with E-state index in [1.165, 1.54) is 0 Å². The van der Waals surface area contributed by atoms with Gasteiger partial charge in [-0.3, -0.25) is 0 Å². The molecule has 0 heterocycles. The summed E-state index contributed by atoms with van der Waals surface area (Å²) in [5.74, 6) is 0. The van der Waals surface area contributed by atoms with E-state index in [0.29, 0.717) is 13.2 Å². The first-order valence-corrected chi connectivity index (χ1v) is 6.33. The number of amides is 1. The van der Waals surface area contributed by atoms with Crippen LogP contribution in [0.3, 0.4) is 0 Å². The first-order chi connectivity index (χ1) is 8.72. The molecule has 0 fully saturated rings. The van der Waals surface area contributed by atoms with Crippen LogP contribution in [0.4, 0.5) is 4.79 Å². The minimum absolute atomic E-state index is 0.0304. The van der Waals surface area contributed by atoms with Gasteiger partial charge in [-0.2, -0.15) is 0 Å². The maximum absolute atomic E-state index is 10.5. The van der Waals surface area contributed by atoms with Gasteiger partial charge < -0.3 is 15.2 Å². The number of nitrogens with one attached hydrogen (secondary N) is 1. The Hall–Kier alpha value is -1.55. The molecule has 1 aromatic rings. The molecule has 0 aliphatic rings. The van der Waals surface area contributed by atoms with E-state index < -0.39 is 6.09 Å². The maximum atomic E-state index is 10.5. The van der Waals surface area contributed by atoms with E-state index >= 15 is 0 Å². The van der Waals surface area contributed by atoms with Gasteiger partial charge in [0.25, 0.3) is 0 Å². The molecule has 1 unspecified atom stereocenters. The Morgan fingerprint density at radius 1 is 1.39 bits per heavy atom. The summed E-state index contributed by atoms with van der Waals surface area (Å²) in [6.07, 6.45) is 1.54. The van der Waals surface area contributed by atoms with E-state index in [2.05, 4.69) is 5.32 Å². The quantitative estimate of drug-likeness (QED) is 0.698. The van der Waals surface area contributed by atoms with Crippen molar-refractivity contribution in [2.75, 3.05) is 6.61 Å². The molecule has 0 aliphatic heterocycles. The lowest BCUT2D eigenvalue weighted by Gasteiger charge is -2.14. The molecule has 1 rings (SSSR count). The summed E-state index contributed by atoms with van der Waals surface area (Å²) < 4.78 is 5.54. The minimum Gasteiger partial charge on any atom is -0.465 e. The second kappa shape index (κ2) is 8.53. The Bertz CT molecular complexity index is 340. The fourth-order valence-corrected chi connectivity index (χ4v) is 1.75. The number of rotatable bonds is 8. The number of carbonyl (C=O) groups is 1. The normalized spacial score (nSPS) is 12.1. The lowest BCUT2D eigenvalue weighted by Crippen LogP contribution is -2.33. The van der Waals surface area contributed by atoms with Crippen molar-refractivity contribution in [2.24, 2.45) is 0 Å². The van der Waals surface area contributed by atoms with Crippen molar-refractivity contribution in [1.29, 1.82) is 0 Å². The molecule has 4 nitrogen and oxygen atoms in total. The molecule has 0 aliphatic carbocycles. The van der Waals surface area contributed by atoms with Gasteiger partial charge in [-0.1, -0.05) is 37.3 Å². The molecule has 0 aromatic heterocycles. The average molecular weight is 251 g/mol. The average Bonchev–Trinajstić information content (AvgIpc) is 2.37. The topological polar surface area (TPSA) is 58.6 Å². The van der Waals surface area contributed by atoms with Gasteiger partial charge >= 0.3 is 6.09 Å². The fraction of sp³-hybridized carbons (Fsp3) is 0.500. The molecule has 0 saturated heterocycles. The Kier molecular flexibility index (Phi) is 6.87. The van der Waals surface area contributed by atoms with Gasteiger partial charge in [0.1, 0.15) is 0 Å². The van der Waals surface area contributed by atoms with Crippen LogP contribution in [-0.4, -0.2) is 23.8 Å². The highest BCUT2D eigenvalue weighted by Gasteiger charge is 2.08. The van der Waals surface area contributed by atoms with Crippen LogP contribution < -0.4 is 5.32 Å². The molecule has 0 bridgehead atoms. The number of hydrogen-bond acceptors (Lipinski definition) is 2. The first kappa shape index (κ1) is 14.5. The summed E-state index contributed by atoms with van der Waals surface area (Å²) in [6, 6.07) is 10.0. The van der Waals surface area contributed by atoms with Crippen LogP contribution in [-0.2, 0) is 11.3 Å². The monoisotopic (exact) mass is 251 g/mol. The smallest absolute Gasteiger partial charge is 0.404 e. The number of carboxylic acid groups (broad SMARTS) is 1. The lowest BCUT2D eigenvalue weighted by atomic mass is 10.1. The Morgan fingerprint density at radius 3 is 2.72 bits per heavy atom. The van der Waals surface area contributed by atoms with E-state index in [1.807, 2.05) is 37.3 Å². The van der Waals surface area contributed by atoms with Crippen LogP contribution in [0, 0.1) is 0 Å². The zero-order valence-electron chi connectivity index (χ0n) is 10.8. The van der Waals surface area contributed by atoms with Crippen molar-refractivity contribution in [3.8, 4) is 0 Å². The van der Waals surface area contributed by atoms with Crippen molar-refractivity contribution in [1.82, 2.24) is 5.32 Å². The summed E-state index contributed by atoms with van der Waals surface area (Å²) in [6.45, 7) is 3.25. The van der Waals surface area contributed by atoms with E-state index in [4.69, 9.17) is 9.84 Å². The van der Waals surface area contributed by atoms with Crippen molar-refractivity contribution in [3.63, 3.8) is 0 Å². The zero-order valence-corrected chi connectivity index (χ0v) is 10.8. The number of ether oxygens (including phenoxy) is 1. The molecular formula is C14H21NO3. The standard InChI is InChI=1S/C14H21NO3/c1-2-13(15-14(16)17)9-6-10-18-11-12-7-4-3-5-8-12/h3-5,7-8,13,15H,2,6,9-11H2,1H3,(H,16,17). The van der Waals surface area contributed by atoms with E-state index in [-0.39, 0.29) is 6.04 Å². The van der Waals surface area contributed by atoms with Gasteiger partial charge in [0.05, 0.1) is 6.61 Å². The molecule has 18 heavy (non-hydrogen) atoms. The molecule has 0 radical (unpaired) electrons. The summed E-state index contributed by atoms with van der Waals surface area (Å²) in [4.78, 5) is 10.5.